The molecule has 1 fully saturated rings. The highest BCUT2D eigenvalue weighted by Gasteiger charge is 2.44. The molecule has 3 aliphatic rings. The average molecular weight is 906 g/mol. The van der Waals surface area contributed by atoms with Crippen LogP contribution in [0.2, 0.25) is 0 Å². The zero-order valence-corrected chi connectivity index (χ0v) is 36.2. The van der Waals surface area contributed by atoms with Crippen LogP contribution >= 0.6 is 31.9 Å². The van der Waals surface area contributed by atoms with Crippen LogP contribution in [0.1, 0.15) is 66.4 Å². The Morgan fingerprint density at radius 2 is 1.33 bits per heavy atom. The monoisotopic (exact) mass is 903 g/mol. The van der Waals surface area contributed by atoms with E-state index in [0.717, 1.165) is 40.6 Å². The third-order valence-electron chi connectivity index (χ3n) is 9.01. The minimum absolute atomic E-state index is 0.0749. The highest BCUT2D eigenvalue weighted by Crippen LogP contribution is 2.47. The number of fused-ring (bicyclic) bond motifs is 2. The number of rotatable bonds is 3. The van der Waals surface area contributed by atoms with Crippen molar-refractivity contribution in [1.29, 1.82) is 0 Å². The van der Waals surface area contributed by atoms with Gasteiger partial charge in [-0.05, 0) is 140 Å². The number of hydrogen-bond donors (Lipinski definition) is 1. The van der Waals surface area contributed by atoms with Gasteiger partial charge in [-0.2, -0.15) is 0 Å². The van der Waals surface area contributed by atoms with Crippen LogP contribution in [0.4, 0.5) is 26.7 Å². The molecule has 3 aromatic carbocycles. The third-order valence-corrected chi connectivity index (χ3v) is 10.3. The number of nitrogens with zero attached hydrogens (tertiary/aromatic N) is 5. The first-order valence-electron chi connectivity index (χ1n) is 18.3. The summed E-state index contributed by atoms with van der Waals surface area (Å²) in [4.78, 5) is 37.8. The highest BCUT2D eigenvalue weighted by molar-refractivity contribution is 9.11. The predicted octanol–water partition coefficient (Wildman–Crippen LogP) is 11.5. The molecule has 0 bridgehead atoms. The van der Waals surface area contributed by atoms with Gasteiger partial charge in [-0.1, -0.05) is 24.3 Å². The number of phenols is 1. The Kier molecular flexibility index (Phi) is 15.0. The zero-order valence-electron chi connectivity index (χ0n) is 33.0. The summed E-state index contributed by atoms with van der Waals surface area (Å²) in [5, 5.41) is 8.99. The van der Waals surface area contributed by atoms with Crippen molar-refractivity contribution in [1.82, 2.24) is 9.80 Å². The van der Waals surface area contributed by atoms with Gasteiger partial charge in [-0.25, -0.2) is 24.1 Å². The van der Waals surface area contributed by atoms with Crippen molar-refractivity contribution in [3.8, 4) is 17.2 Å². The molecule has 1 saturated heterocycles. The van der Waals surface area contributed by atoms with Crippen molar-refractivity contribution in [2.24, 2.45) is 0 Å². The molecule has 0 atom stereocenters. The number of aromatic hydroxyl groups is 1. The van der Waals surface area contributed by atoms with Crippen LogP contribution in [0.15, 0.2) is 75.2 Å². The van der Waals surface area contributed by atoms with Crippen LogP contribution in [-0.2, 0) is 14.9 Å². The van der Waals surface area contributed by atoms with Crippen molar-refractivity contribution in [3.05, 3.63) is 115 Å². The van der Waals surface area contributed by atoms with E-state index in [1.807, 2.05) is 59.8 Å². The van der Waals surface area contributed by atoms with E-state index in [-0.39, 0.29) is 23.4 Å². The summed E-state index contributed by atoms with van der Waals surface area (Å²) in [6.07, 6.45) is 3.91. The van der Waals surface area contributed by atoms with E-state index >= 15 is 0 Å². The standard InChI is InChI=1S/C18H21BrN2O3.C18H22N2O3.C7H4BrNO/c1-18(2,3)24-17(22)21-9-7-13(8-10-21)12-23-16-6-5-14(20-4)11-15(16)19;1-17(2,3)23-16(21)20-9-7-18(8-10-20)12-22-15-6-5-13(19-4)11-14(15)18;1-9-5-2-3-7(10)6(8)4-5/h5-7,11H,8-10,12H2,1-3H3;5-6,11H,7-10,12H2,1-3H3;2-4,10H. The second-order valence-electron chi connectivity index (χ2n) is 15.6. The molecule has 3 aromatic rings. The molecule has 57 heavy (non-hydrogen) atoms. The Hall–Kier alpha value is -5.23. The number of carbonyl (C=O) groups is 2. The van der Waals surface area contributed by atoms with Crippen LogP contribution in [0.5, 0.6) is 17.2 Å². The molecule has 3 heterocycles. The number of benzene rings is 3. The summed E-state index contributed by atoms with van der Waals surface area (Å²) in [5.74, 6) is 1.74. The summed E-state index contributed by atoms with van der Waals surface area (Å²) in [6, 6.07) is 15.5. The Balaban J connectivity index is 0.000000205. The Labute approximate surface area is 352 Å². The summed E-state index contributed by atoms with van der Waals surface area (Å²) in [7, 11) is 0. The molecule has 6 rings (SSSR count). The molecule has 0 saturated carbocycles. The number of halogens is 2. The van der Waals surface area contributed by atoms with Gasteiger partial charge in [0.1, 0.15) is 35.1 Å². The second-order valence-corrected chi connectivity index (χ2v) is 17.3. The molecular formula is C43H47Br2N5O7. The molecule has 0 radical (unpaired) electrons. The fourth-order valence-corrected chi connectivity index (χ4v) is 6.87. The highest BCUT2D eigenvalue weighted by atomic mass is 79.9. The van der Waals surface area contributed by atoms with Crippen LogP contribution in [0.3, 0.4) is 0 Å². The van der Waals surface area contributed by atoms with Gasteiger partial charge in [0.2, 0.25) is 0 Å². The number of ether oxygens (including phenoxy) is 4. The minimum Gasteiger partial charge on any atom is -0.507 e. The molecule has 12 nitrogen and oxygen atoms in total. The van der Waals surface area contributed by atoms with Gasteiger partial charge in [0.25, 0.3) is 0 Å². The van der Waals surface area contributed by atoms with Gasteiger partial charge in [0, 0.05) is 40.5 Å². The number of piperidine rings is 1. The fourth-order valence-electron chi connectivity index (χ4n) is 6.03. The predicted molar refractivity (Wildman–Crippen MR) is 225 cm³/mol. The smallest absolute Gasteiger partial charge is 0.410 e. The summed E-state index contributed by atoms with van der Waals surface area (Å²) >= 11 is 6.51. The maximum absolute atomic E-state index is 12.2. The summed E-state index contributed by atoms with van der Waals surface area (Å²) in [6.45, 7) is 35.6. The number of hydrogen-bond acceptors (Lipinski definition) is 7. The van der Waals surface area contributed by atoms with E-state index in [4.69, 9.17) is 43.8 Å². The minimum atomic E-state index is -0.478. The Morgan fingerprint density at radius 1 is 0.789 bits per heavy atom. The summed E-state index contributed by atoms with van der Waals surface area (Å²) < 4.78 is 23.8. The van der Waals surface area contributed by atoms with Crippen molar-refractivity contribution >= 4 is 61.1 Å². The average Bonchev–Trinajstić information content (AvgIpc) is 3.51. The van der Waals surface area contributed by atoms with E-state index in [1.54, 1.807) is 46.2 Å². The van der Waals surface area contributed by atoms with Crippen LogP contribution in [-0.4, -0.2) is 77.7 Å². The molecule has 3 aliphatic heterocycles. The second kappa shape index (κ2) is 19.3. The van der Waals surface area contributed by atoms with E-state index in [0.29, 0.717) is 66.7 Å². The van der Waals surface area contributed by atoms with Crippen molar-refractivity contribution < 1.29 is 33.6 Å². The SMILES string of the molecule is [C-]#[N+]c1ccc(O)c(Br)c1.[C-]#[N+]c1ccc(OCC2=CCN(C(=O)OC(C)(C)C)CC2)c(Br)c1.[C-]#[N+]c1ccc2c(c1)C1(CCN(C(=O)OC(C)(C)C)CC1)CO2. The van der Waals surface area contributed by atoms with E-state index in [2.05, 4.69) is 46.4 Å². The van der Waals surface area contributed by atoms with Gasteiger partial charge in [-0.3, -0.25) is 0 Å². The van der Waals surface area contributed by atoms with E-state index in [9.17, 15) is 9.59 Å². The van der Waals surface area contributed by atoms with Crippen LogP contribution < -0.4 is 9.47 Å². The lowest BCUT2D eigenvalue weighted by Gasteiger charge is -2.39. The largest absolute Gasteiger partial charge is 0.507 e. The lowest BCUT2D eigenvalue weighted by atomic mass is 9.74. The normalized spacial score (nSPS) is 15.4. The molecule has 0 unspecified atom stereocenters. The van der Waals surface area contributed by atoms with Crippen molar-refractivity contribution in [3.63, 3.8) is 0 Å². The molecule has 0 aliphatic carbocycles. The topological polar surface area (TPSA) is 111 Å². The van der Waals surface area contributed by atoms with Crippen molar-refractivity contribution in [2.75, 3.05) is 39.4 Å². The first-order chi connectivity index (χ1) is 26.8. The maximum atomic E-state index is 12.2. The van der Waals surface area contributed by atoms with E-state index < -0.39 is 11.2 Å². The van der Waals surface area contributed by atoms with Crippen LogP contribution in [0.25, 0.3) is 14.5 Å². The first kappa shape index (κ1) is 44.5. The number of carbonyl (C=O) groups excluding carboxylic acids is 2. The Bertz CT molecular complexity index is 2100. The van der Waals surface area contributed by atoms with Crippen molar-refractivity contribution in [2.45, 2.75) is 77.4 Å². The lowest BCUT2D eigenvalue weighted by Crippen LogP contribution is -2.47. The lowest BCUT2D eigenvalue weighted by molar-refractivity contribution is 0.0151. The molecule has 14 heteroatoms. The molecule has 300 valence electrons. The first-order valence-corrected chi connectivity index (χ1v) is 19.9. The van der Waals surface area contributed by atoms with E-state index in [1.165, 1.54) is 6.07 Å². The molecule has 1 N–H and O–H groups in total. The van der Waals surface area contributed by atoms with Crippen LogP contribution in [0, 0.1) is 19.7 Å². The molecule has 2 amide bonds. The number of phenolic OH excluding ortho intramolecular Hbond substituents is 1. The molecular weight excluding hydrogens is 858 g/mol. The van der Waals surface area contributed by atoms with Gasteiger partial charge >= 0.3 is 12.2 Å². The van der Waals surface area contributed by atoms with Gasteiger partial charge in [-0.15, -0.1) is 0 Å². The quantitative estimate of drug-likeness (QED) is 0.206. The van der Waals surface area contributed by atoms with Gasteiger partial charge < -0.3 is 33.9 Å². The summed E-state index contributed by atoms with van der Waals surface area (Å²) in [5.41, 5.74) is 2.97. The van der Waals surface area contributed by atoms with Gasteiger partial charge in [0.05, 0.1) is 26.3 Å². The number of likely N-dealkylation sites (tertiary alicyclic amines) is 1. The zero-order chi connectivity index (χ0) is 42.0. The molecule has 1 spiro atoms. The fraction of sp³-hybridized carbons (Fsp3) is 0.419. The third kappa shape index (κ3) is 12.9. The Morgan fingerprint density at radius 3 is 1.86 bits per heavy atom. The van der Waals surface area contributed by atoms with Gasteiger partial charge in [0.15, 0.2) is 17.1 Å². The maximum Gasteiger partial charge on any atom is 0.410 e. The molecule has 0 aromatic heterocycles. The number of amides is 2.